The number of nitrogens with zero attached hydrogens (tertiary/aromatic N) is 4. The second-order valence-electron chi connectivity index (χ2n) is 6.22. The Kier molecular flexibility index (Phi) is 5.57. The molecule has 0 unspecified atom stereocenters. The number of nitrogens with one attached hydrogen (secondary N) is 1. The molecule has 1 fully saturated rings. The third kappa shape index (κ3) is 4.18. The average Bonchev–Trinajstić information content (AvgIpc) is 3.15. The third-order valence-electron chi connectivity index (χ3n) is 4.52. The van der Waals surface area contributed by atoms with Crippen molar-refractivity contribution in [3.63, 3.8) is 0 Å². The normalized spacial score (nSPS) is 14.4. The first-order valence-corrected chi connectivity index (χ1v) is 8.87. The maximum absolute atomic E-state index is 12.5. The predicted octanol–water partition coefficient (Wildman–Crippen LogP) is 2.76. The summed E-state index contributed by atoms with van der Waals surface area (Å²) in [5.41, 5.74) is 1.08. The Balaban J connectivity index is 1.63. The number of hydrogen-bond acceptors (Lipinski definition) is 4. The lowest BCUT2D eigenvalue weighted by molar-refractivity contribution is -0.130. The van der Waals surface area contributed by atoms with Crippen molar-refractivity contribution in [2.75, 3.05) is 18.4 Å². The number of halogens is 1. The van der Waals surface area contributed by atoms with E-state index in [1.165, 1.54) is 6.08 Å². The van der Waals surface area contributed by atoms with Gasteiger partial charge in [-0.1, -0.05) is 18.2 Å². The van der Waals surface area contributed by atoms with Crippen LogP contribution in [-0.4, -0.2) is 39.6 Å². The minimum atomic E-state index is -0.164. The van der Waals surface area contributed by atoms with Crippen LogP contribution >= 0.6 is 11.6 Å². The first-order valence-electron chi connectivity index (χ1n) is 8.49. The molecule has 1 aliphatic rings. The highest BCUT2D eigenvalue weighted by Gasteiger charge is 2.26. The quantitative estimate of drug-likeness (QED) is 0.822. The molecular weight excluding hydrogens is 366 g/mol. The van der Waals surface area contributed by atoms with E-state index in [2.05, 4.69) is 17.0 Å². The zero-order chi connectivity index (χ0) is 19.4. The van der Waals surface area contributed by atoms with Crippen molar-refractivity contribution in [2.24, 2.45) is 5.92 Å². The van der Waals surface area contributed by atoms with Crippen molar-refractivity contribution in [1.82, 2.24) is 14.7 Å². The monoisotopic (exact) mass is 383 g/mol. The van der Waals surface area contributed by atoms with E-state index in [0.29, 0.717) is 48.0 Å². The Labute approximate surface area is 161 Å². The molecule has 138 valence electrons. The second-order valence-corrected chi connectivity index (χ2v) is 6.62. The van der Waals surface area contributed by atoms with Gasteiger partial charge in [-0.3, -0.25) is 9.59 Å². The fraction of sp³-hybridized carbons (Fsp3) is 0.263. The first-order chi connectivity index (χ1) is 13.0. The molecule has 0 bridgehead atoms. The van der Waals surface area contributed by atoms with E-state index in [-0.39, 0.29) is 17.7 Å². The van der Waals surface area contributed by atoms with Crippen LogP contribution in [0.4, 0.5) is 5.82 Å². The number of anilines is 1. The number of carbonyl (C=O) groups excluding carboxylic acids is 2. The van der Waals surface area contributed by atoms with Gasteiger partial charge in [-0.05, 0) is 37.1 Å². The standard InChI is InChI=1S/C19H18ClN5O2/c1-2-18(26)24-8-5-14(6-9-24)19(27)22-17-7-10-25(23-17)16-4-3-13(12-21)11-15(16)20/h2-4,7,10-11,14H,1,5-6,8-9H2,(H,22,23,27). The van der Waals surface area contributed by atoms with Crippen molar-refractivity contribution < 1.29 is 9.59 Å². The molecule has 0 atom stereocenters. The van der Waals surface area contributed by atoms with E-state index in [1.54, 1.807) is 40.0 Å². The number of likely N-dealkylation sites (tertiary alicyclic amines) is 1. The van der Waals surface area contributed by atoms with Gasteiger partial charge in [0.15, 0.2) is 5.82 Å². The first kappa shape index (κ1) is 18.7. The topological polar surface area (TPSA) is 91.0 Å². The molecule has 2 heterocycles. The lowest BCUT2D eigenvalue weighted by Crippen LogP contribution is -2.40. The van der Waals surface area contributed by atoms with Crippen LogP contribution in [0.2, 0.25) is 5.02 Å². The molecule has 1 saturated heterocycles. The van der Waals surface area contributed by atoms with E-state index in [4.69, 9.17) is 16.9 Å². The summed E-state index contributed by atoms with van der Waals surface area (Å²) in [5, 5.41) is 16.4. The van der Waals surface area contributed by atoms with Crippen LogP contribution in [0, 0.1) is 17.2 Å². The van der Waals surface area contributed by atoms with Crippen molar-refractivity contribution in [3.8, 4) is 11.8 Å². The van der Waals surface area contributed by atoms with Crippen LogP contribution in [0.15, 0.2) is 43.1 Å². The van der Waals surface area contributed by atoms with Crippen LogP contribution in [0.1, 0.15) is 18.4 Å². The number of rotatable bonds is 4. The number of aromatic nitrogens is 2. The number of piperidine rings is 1. The van der Waals surface area contributed by atoms with Gasteiger partial charge < -0.3 is 10.2 Å². The fourth-order valence-electron chi connectivity index (χ4n) is 3.01. The van der Waals surface area contributed by atoms with Gasteiger partial charge in [0.05, 0.1) is 22.3 Å². The van der Waals surface area contributed by atoms with Gasteiger partial charge in [-0.15, -0.1) is 0 Å². The number of hydrogen-bond donors (Lipinski definition) is 1. The van der Waals surface area contributed by atoms with Crippen molar-refractivity contribution in [3.05, 3.63) is 53.7 Å². The Morgan fingerprint density at radius 1 is 1.33 bits per heavy atom. The molecule has 1 N–H and O–H groups in total. The lowest BCUT2D eigenvalue weighted by Gasteiger charge is -2.30. The molecule has 1 aromatic carbocycles. The van der Waals surface area contributed by atoms with Crippen LogP contribution in [0.25, 0.3) is 5.69 Å². The van der Waals surface area contributed by atoms with Gasteiger partial charge in [-0.25, -0.2) is 4.68 Å². The van der Waals surface area contributed by atoms with E-state index < -0.39 is 0 Å². The SMILES string of the molecule is C=CC(=O)N1CCC(C(=O)Nc2ccn(-c3ccc(C#N)cc3Cl)n2)CC1. The smallest absolute Gasteiger partial charge is 0.245 e. The average molecular weight is 384 g/mol. The number of amides is 2. The van der Waals surface area contributed by atoms with Gasteiger partial charge in [0.25, 0.3) is 0 Å². The molecule has 0 saturated carbocycles. The minimum Gasteiger partial charge on any atom is -0.339 e. The summed E-state index contributed by atoms with van der Waals surface area (Å²) >= 11 is 6.19. The number of benzene rings is 1. The van der Waals surface area contributed by atoms with Gasteiger partial charge in [-0.2, -0.15) is 10.4 Å². The van der Waals surface area contributed by atoms with Crippen LogP contribution in [0.3, 0.4) is 0 Å². The molecule has 1 aliphatic heterocycles. The lowest BCUT2D eigenvalue weighted by atomic mass is 9.96. The maximum atomic E-state index is 12.5. The van der Waals surface area contributed by atoms with Gasteiger partial charge in [0.2, 0.25) is 11.8 Å². The molecule has 1 aromatic heterocycles. The van der Waals surface area contributed by atoms with Crippen molar-refractivity contribution >= 4 is 29.2 Å². The molecule has 2 aromatic rings. The second kappa shape index (κ2) is 8.06. The summed E-state index contributed by atoms with van der Waals surface area (Å²) in [7, 11) is 0. The largest absolute Gasteiger partial charge is 0.339 e. The summed E-state index contributed by atoms with van der Waals surface area (Å²) in [5.74, 6) is 0.0383. The van der Waals surface area contributed by atoms with Gasteiger partial charge in [0.1, 0.15) is 0 Å². The third-order valence-corrected chi connectivity index (χ3v) is 4.82. The highest BCUT2D eigenvalue weighted by atomic mass is 35.5. The van der Waals surface area contributed by atoms with E-state index in [9.17, 15) is 9.59 Å². The summed E-state index contributed by atoms with van der Waals surface area (Å²) in [6.07, 6.45) is 4.19. The predicted molar refractivity (Wildman–Crippen MR) is 101 cm³/mol. The molecule has 8 heteroatoms. The van der Waals surface area contributed by atoms with Crippen LogP contribution < -0.4 is 5.32 Å². The van der Waals surface area contributed by atoms with E-state index in [1.807, 2.05) is 6.07 Å². The summed E-state index contributed by atoms with van der Waals surface area (Å²) in [6.45, 7) is 4.56. The van der Waals surface area contributed by atoms with Gasteiger partial charge in [0, 0.05) is 31.3 Å². The molecule has 0 aliphatic carbocycles. The number of nitriles is 1. The number of carbonyl (C=O) groups is 2. The Bertz CT molecular complexity index is 922. The Morgan fingerprint density at radius 3 is 2.70 bits per heavy atom. The zero-order valence-electron chi connectivity index (χ0n) is 14.6. The summed E-state index contributed by atoms with van der Waals surface area (Å²) < 4.78 is 1.55. The molecule has 2 amide bonds. The van der Waals surface area contributed by atoms with E-state index in [0.717, 1.165) is 0 Å². The van der Waals surface area contributed by atoms with Crippen molar-refractivity contribution in [1.29, 1.82) is 5.26 Å². The zero-order valence-corrected chi connectivity index (χ0v) is 15.3. The summed E-state index contributed by atoms with van der Waals surface area (Å²) in [6, 6.07) is 8.63. The van der Waals surface area contributed by atoms with Gasteiger partial charge >= 0.3 is 0 Å². The molecule has 27 heavy (non-hydrogen) atoms. The Morgan fingerprint density at radius 2 is 2.07 bits per heavy atom. The van der Waals surface area contributed by atoms with E-state index >= 15 is 0 Å². The molecule has 0 radical (unpaired) electrons. The summed E-state index contributed by atoms with van der Waals surface area (Å²) in [4.78, 5) is 25.8. The van der Waals surface area contributed by atoms with Crippen LogP contribution in [-0.2, 0) is 9.59 Å². The highest BCUT2D eigenvalue weighted by molar-refractivity contribution is 6.32. The molecule has 0 spiro atoms. The minimum absolute atomic E-state index is 0.105. The highest BCUT2D eigenvalue weighted by Crippen LogP contribution is 2.23. The van der Waals surface area contributed by atoms with Crippen LogP contribution in [0.5, 0.6) is 0 Å². The molecule has 3 rings (SSSR count). The van der Waals surface area contributed by atoms with Crippen molar-refractivity contribution in [2.45, 2.75) is 12.8 Å². The molecular formula is C19H18ClN5O2. The maximum Gasteiger partial charge on any atom is 0.245 e. The fourth-order valence-corrected chi connectivity index (χ4v) is 3.27. The Hall–Kier alpha value is -3.11. The molecule has 7 nitrogen and oxygen atoms in total.